The molecule has 1 atom stereocenters. The van der Waals surface area contributed by atoms with Crippen molar-refractivity contribution in [3.8, 4) is 0 Å². The Kier molecular flexibility index (Phi) is 5.83. The molecule has 0 aliphatic heterocycles. The number of hydrogen-bond acceptors (Lipinski definition) is 4. The van der Waals surface area contributed by atoms with Crippen molar-refractivity contribution in [3.63, 3.8) is 0 Å². The number of nitrogens with zero attached hydrogens (tertiary/aromatic N) is 1. The molecule has 0 bridgehead atoms. The zero-order chi connectivity index (χ0) is 11.1. The molecule has 86 valence electrons. The van der Waals surface area contributed by atoms with Crippen molar-refractivity contribution in [3.05, 3.63) is 16.1 Å². The van der Waals surface area contributed by atoms with Gasteiger partial charge >= 0.3 is 0 Å². The first-order chi connectivity index (χ1) is 7.24. The molecule has 0 saturated heterocycles. The SMILES string of the molecule is CCOCC(C)NCCc1scnc1C. The maximum atomic E-state index is 5.33. The largest absolute Gasteiger partial charge is 0.380 e. The summed E-state index contributed by atoms with van der Waals surface area (Å²) in [5.74, 6) is 0. The Morgan fingerprint density at radius 3 is 3.00 bits per heavy atom. The van der Waals surface area contributed by atoms with Crippen LogP contribution in [0.25, 0.3) is 0 Å². The lowest BCUT2D eigenvalue weighted by Gasteiger charge is -2.12. The topological polar surface area (TPSA) is 34.1 Å². The molecule has 1 aromatic rings. The first-order valence-electron chi connectivity index (χ1n) is 5.44. The van der Waals surface area contributed by atoms with E-state index in [1.807, 2.05) is 12.4 Å². The second kappa shape index (κ2) is 6.93. The molecule has 4 heteroatoms. The number of thiazole rings is 1. The lowest BCUT2D eigenvalue weighted by atomic mass is 10.3. The highest BCUT2D eigenvalue weighted by Crippen LogP contribution is 2.11. The molecule has 1 rings (SSSR count). The van der Waals surface area contributed by atoms with Crippen LogP contribution in [0, 0.1) is 6.92 Å². The van der Waals surface area contributed by atoms with Crippen molar-refractivity contribution in [1.82, 2.24) is 10.3 Å². The van der Waals surface area contributed by atoms with E-state index in [1.165, 1.54) is 10.6 Å². The summed E-state index contributed by atoms with van der Waals surface area (Å²) < 4.78 is 5.33. The summed E-state index contributed by atoms with van der Waals surface area (Å²) in [6, 6.07) is 0.429. The van der Waals surface area contributed by atoms with E-state index in [0.717, 1.165) is 26.2 Å². The molecule has 3 nitrogen and oxygen atoms in total. The third-order valence-electron chi connectivity index (χ3n) is 2.26. The Labute approximate surface area is 95.9 Å². The summed E-state index contributed by atoms with van der Waals surface area (Å²) in [5, 5.41) is 3.44. The van der Waals surface area contributed by atoms with E-state index in [1.54, 1.807) is 11.3 Å². The predicted molar refractivity (Wildman–Crippen MR) is 64.5 cm³/mol. The van der Waals surface area contributed by atoms with Gasteiger partial charge in [0.25, 0.3) is 0 Å². The molecule has 0 fully saturated rings. The molecular formula is C11H20N2OS. The highest BCUT2D eigenvalue weighted by molar-refractivity contribution is 7.09. The monoisotopic (exact) mass is 228 g/mol. The summed E-state index contributed by atoms with van der Waals surface area (Å²) >= 11 is 1.74. The van der Waals surface area contributed by atoms with Gasteiger partial charge in [-0.2, -0.15) is 0 Å². The average molecular weight is 228 g/mol. The Morgan fingerprint density at radius 1 is 1.60 bits per heavy atom. The van der Waals surface area contributed by atoms with Crippen LogP contribution >= 0.6 is 11.3 Å². The van der Waals surface area contributed by atoms with Gasteiger partial charge < -0.3 is 10.1 Å². The van der Waals surface area contributed by atoms with E-state index in [-0.39, 0.29) is 0 Å². The fourth-order valence-electron chi connectivity index (χ4n) is 1.35. The van der Waals surface area contributed by atoms with Gasteiger partial charge in [0.2, 0.25) is 0 Å². The van der Waals surface area contributed by atoms with Gasteiger partial charge in [0.15, 0.2) is 0 Å². The minimum Gasteiger partial charge on any atom is -0.380 e. The maximum Gasteiger partial charge on any atom is 0.0797 e. The maximum absolute atomic E-state index is 5.33. The van der Waals surface area contributed by atoms with E-state index >= 15 is 0 Å². The summed E-state index contributed by atoms with van der Waals surface area (Å²) in [7, 11) is 0. The Morgan fingerprint density at radius 2 is 2.40 bits per heavy atom. The van der Waals surface area contributed by atoms with Gasteiger partial charge in [-0.1, -0.05) is 0 Å². The van der Waals surface area contributed by atoms with Crippen molar-refractivity contribution in [1.29, 1.82) is 0 Å². The van der Waals surface area contributed by atoms with E-state index < -0.39 is 0 Å². The summed E-state index contributed by atoms with van der Waals surface area (Å²) in [6.07, 6.45) is 1.06. The lowest BCUT2D eigenvalue weighted by Crippen LogP contribution is -2.32. The normalized spacial score (nSPS) is 13.0. The van der Waals surface area contributed by atoms with Crippen LogP contribution in [0.1, 0.15) is 24.4 Å². The van der Waals surface area contributed by atoms with Crippen LogP contribution in [-0.2, 0) is 11.2 Å². The number of hydrogen-bond donors (Lipinski definition) is 1. The van der Waals surface area contributed by atoms with Crippen LogP contribution in [0.2, 0.25) is 0 Å². The number of ether oxygens (including phenoxy) is 1. The van der Waals surface area contributed by atoms with Crippen LogP contribution in [-0.4, -0.2) is 30.8 Å². The molecule has 15 heavy (non-hydrogen) atoms. The van der Waals surface area contributed by atoms with Gasteiger partial charge in [0.05, 0.1) is 17.8 Å². The lowest BCUT2D eigenvalue weighted by molar-refractivity contribution is 0.127. The van der Waals surface area contributed by atoms with Crippen LogP contribution in [0.15, 0.2) is 5.51 Å². The minimum atomic E-state index is 0.429. The number of rotatable bonds is 7. The Hall–Kier alpha value is -0.450. The van der Waals surface area contributed by atoms with Crippen molar-refractivity contribution < 1.29 is 4.74 Å². The van der Waals surface area contributed by atoms with Gasteiger partial charge in [-0.05, 0) is 27.2 Å². The highest BCUT2D eigenvalue weighted by Gasteiger charge is 2.03. The molecule has 1 N–H and O–H groups in total. The molecule has 0 radical (unpaired) electrons. The van der Waals surface area contributed by atoms with Crippen molar-refractivity contribution in [2.45, 2.75) is 33.2 Å². The van der Waals surface area contributed by atoms with Crippen LogP contribution in [0.4, 0.5) is 0 Å². The zero-order valence-corrected chi connectivity index (χ0v) is 10.6. The molecular weight excluding hydrogens is 208 g/mol. The van der Waals surface area contributed by atoms with Crippen LogP contribution in [0.5, 0.6) is 0 Å². The minimum absolute atomic E-state index is 0.429. The van der Waals surface area contributed by atoms with Crippen LogP contribution < -0.4 is 5.32 Å². The second-order valence-corrected chi connectivity index (χ2v) is 4.56. The van der Waals surface area contributed by atoms with Gasteiger partial charge in [0, 0.05) is 24.1 Å². The van der Waals surface area contributed by atoms with Crippen molar-refractivity contribution >= 4 is 11.3 Å². The molecule has 0 aliphatic rings. The Bertz CT molecular complexity index is 275. The molecule has 0 saturated carbocycles. The molecule has 1 unspecified atom stereocenters. The van der Waals surface area contributed by atoms with Gasteiger partial charge in [-0.3, -0.25) is 0 Å². The third-order valence-corrected chi connectivity index (χ3v) is 3.26. The van der Waals surface area contributed by atoms with E-state index in [4.69, 9.17) is 4.74 Å². The first-order valence-corrected chi connectivity index (χ1v) is 6.32. The summed E-state index contributed by atoms with van der Waals surface area (Å²) in [4.78, 5) is 5.61. The van der Waals surface area contributed by atoms with Gasteiger partial charge in [0.1, 0.15) is 0 Å². The number of aromatic nitrogens is 1. The molecule has 0 aliphatic carbocycles. The number of aryl methyl sites for hydroxylation is 1. The smallest absolute Gasteiger partial charge is 0.0797 e. The average Bonchev–Trinajstić information content (AvgIpc) is 2.61. The predicted octanol–water partition coefficient (Wildman–Crippen LogP) is 2.01. The first kappa shape index (κ1) is 12.6. The second-order valence-electron chi connectivity index (χ2n) is 3.63. The van der Waals surface area contributed by atoms with E-state index in [9.17, 15) is 0 Å². The highest BCUT2D eigenvalue weighted by atomic mass is 32.1. The molecule has 0 spiro atoms. The van der Waals surface area contributed by atoms with Gasteiger partial charge in [-0.25, -0.2) is 4.98 Å². The van der Waals surface area contributed by atoms with E-state index in [0.29, 0.717) is 6.04 Å². The fourth-order valence-corrected chi connectivity index (χ4v) is 2.13. The Balaban J connectivity index is 2.13. The van der Waals surface area contributed by atoms with Crippen LogP contribution in [0.3, 0.4) is 0 Å². The molecule has 1 aromatic heterocycles. The standard InChI is InChI=1S/C11H20N2OS/c1-4-14-7-9(2)12-6-5-11-10(3)13-8-15-11/h8-9,12H,4-7H2,1-3H3. The fraction of sp³-hybridized carbons (Fsp3) is 0.727. The molecule has 0 aromatic carbocycles. The zero-order valence-electron chi connectivity index (χ0n) is 9.75. The summed E-state index contributed by atoms with van der Waals surface area (Å²) in [5.41, 5.74) is 3.08. The van der Waals surface area contributed by atoms with Gasteiger partial charge in [-0.15, -0.1) is 11.3 Å². The van der Waals surface area contributed by atoms with E-state index in [2.05, 4.69) is 24.1 Å². The van der Waals surface area contributed by atoms with Crippen molar-refractivity contribution in [2.75, 3.05) is 19.8 Å². The quantitative estimate of drug-likeness (QED) is 0.775. The molecule has 0 amide bonds. The molecule has 1 heterocycles. The number of nitrogens with one attached hydrogen (secondary N) is 1. The van der Waals surface area contributed by atoms with Crippen molar-refractivity contribution in [2.24, 2.45) is 0 Å². The third kappa shape index (κ3) is 4.73. The summed E-state index contributed by atoms with van der Waals surface area (Å²) in [6.45, 7) is 8.81.